The van der Waals surface area contributed by atoms with Crippen LogP contribution in [0.15, 0.2) is 60.7 Å². The van der Waals surface area contributed by atoms with Crippen molar-refractivity contribution in [1.29, 1.82) is 0 Å². The third-order valence-corrected chi connectivity index (χ3v) is 5.49. The lowest BCUT2D eigenvalue weighted by molar-refractivity contribution is 0.0476. The van der Waals surface area contributed by atoms with Gasteiger partial charge in [0.1, 0.15) is 5.82 Å². The summed E-state index contributed by atoms with van der Waals surface area (Å²) in [6.07, 6.45) is 0. The minimum atomic E-state index is -0.611. The molecule has 0 saturated heterocycles. The van der Waals surface area contributed by atoms with Crippen molar-refractivity contribution in [3.05, 3.63) is 89.0 Å². The van der Waals surface area contributed by atoms with Gasteiger partial charge in [0.05, 0.1) is 16.8 Å². The number of esters is 1. The summed E-state index contributed by atoms with van der Waals surface area (Å²) in [5.41, 5.74) is 4.43. The minimum Gasteiger partial charge on any atom is -0.454 e. The summed E-state index contributed by atoms with van der Waals surface area (Å²) in [6, 6.07) is 16.5. The zero-order chi connectivity index (χ0) is 22.1. The first-order valence-electron chi connectivity index (χ1n) is 9.84. The summed E-state index contributed by atoms with van der Waals surface area (Å²) >= 11 is 0. The molecule has 0 saturated carbocycles. The quantitative estimate of drug-likeness (QED) is 0.338. The lowest BCUT2D eigenvalue weighted by atomic mass is 10.0. The molecule has 0 atom stereocenters. The van der Waals surface area contributed by atoms with Crippen molar-refractivity contribution < 1.29 is 18.7 Å². The molecule has 6 heteroatoms. The molecule has 0 radical (unpaired) electrons. The van der Waals surface area contributed by atoms with Crippen LogP contribution in [0.3, 0.4) is 0 Å². The number of halogens is 1. The highest BCUT2D eigenvalue weighted by atomic mass is 19.1. The third kappa shape index (κ3) is 3.97. The molecule has 5 nitrogen and oxygen atoms in total. The molecule has 156 valence electrons. The molecule has 2 aromatic carbocycles. The summed E-state index contributed by atoms with van der Waals surface area (Å²) in [7, 11) is 1.88. The fraction of sp³-hybridized carbons (Fsp3) is 0.160. The lowest BCUT2D eigenvalue weighted by Gasteiger charge is -2.10. The van der Waals surface area contributed by atoms with Gasteiger partial charge in [-0.3, -0.25) is 4.79 Å². The first kappa shape index (κ1) is 20.5. The number of carbonyl (C=O) groups is 2. The third-order valence-electron chi connectivity index (χ3n) is 5.49. The van der Waals surface area contributed by atoms with Crippen LogP contribution in [0, 0.1) is 19.7 Å². The van der Waals surface area contributed by atoms with E-state index >= 15 is 0 Å². The van der Waals surface area contributed by atoms with Gasteiger partial charge in [-0.25, -0.2) is 14.2 Å². The van der Waals surface area contributed by atoms with E-state index in [1.54, 1.807) is 42.5 Å². The number of carbonyl (C=O) groups excluding carboxylic acids is 2. The molecule has 2 aromatic heterocycles. The van der Waals surface area contributed by atoms with Gasteiger partial charge in [0.2, 0.25) is 5.78 Å². The maximum Gasteiger partial charge on any atom is 0.339 e. The summed E-state index contributed by atoms with van der Waals surface area (Å²) < 4.78 is 20.6. The molecule has 0 fully saturated rings. The average molecular weight is 416 g/mol. The Labute approximate surface area is 179 Å². The summed E-state index contributed by atoms with van der Waals surface area (Å²) in [6.45, 7) is 3.41. The zero-order valence-corrected chi connectivity index (χ0v) is 17.5. The molecule has 0 amide bonds. The van der Waals surface area contributed by atoms with E-state index in [2.05, 4.69) is 4.98 Å². The smallest absolute Gasteiger partial charge is 0.339 e. The van der Waals surface area contributed by atoms with Gasteiger partial charge in [0.25, 0.3) is 0 Å². The maximum absolute atomic E-state index is 13.3. The molecule has 0 spiro atoms. The van der Waals surface area contributed by atoms with Gasteiger partial charge in [-0.05, 0) is 56.3 Å². The number of hydrogen-bond acceptors (Lipinski definition) is 4. The van der Waals surface area contributed by atoms with E-state index < -0.39 is 5.97 Å². The molecule has 31 heavy (non-hydrogen) atoms. The predicted octanol–water partition coefficient (Wildman–Crippen LogP) is 5.04. The zero-order valence-electron chi connectivity index (χ0n) is 17.5. The molecule has 4 rings (SSSR count). The van der Waals surface area contributed by atoms with Gasteiger partial charge >= 0.3 is 5.97 Å². The first-order chi connectivity index (χ1) is 14.8. The van der Waals surface area contributed by atoms with Crippen LogP contribution in [0.25, 0.3) is 22.2 Å². The van der Waals surface area contributed by atoms with Gasteiger partial charge in [-0.15, -0.1) is 0 Å². The van der Waals surface area contributed by atoms with E-state index in [1.165, 1.54) is 12.1 Å². The number of aromatic nitrogens is 2. The number of nitrogens with zero attached hydrogens (tertiary/aromatic N) is 2. The SMILES string of the molecule is Cc1cc(C(=O)COC(=O)c2cc(-c3ccc(F)cc3)nc3ccccc23)c(C)n1C. The second-order valence-electron chi connectivity index (χ2n) is 7.42. The lowest BCUT2D eigenvalue weighted by Crippen LogP contribution is -2.15. The first-order valence-corrected chi connectivity index (χ1v) is 9.84. The van der Waals surface area contributed by atoms with E-state index in [0.717, 1.165) is 11.4 Å². The number of rotatable bonds is 5. The van der Waals surface area contributed by atoms with Gasteiger partial charge in [-0.2, -0.15) is 0 Å². The summed E-state index contributed by atoms with van der Waals surface area (Å²) in [4.78, 5) is 30.1. The van der Waals surface area contributed by atoms with Gasteiger partial charge in [0.15, 0.2) is 6.61 Å². The number of fused-ring (bicyclic) bond motifs is 1. The second kappa shape index (κ2) is 8.14. The van der Waals surface area contributed by atoms with Crippen molar-refractivity contribution in [2.45, 2.75) is 13.8 Å². The van der Waals surface area contributed by atoms with E-state index in [4.69, 9.17) is 4.74 Å². The fourth-order valence-electron chi connectivity index (χ4n) is 3.54. The normalized spacial score (nSPS) is 11.0. The Morgan fingerprint density at radius 3 is 2.39 bits per heavy atom. The Hall–Kier alpha value is -3.80. The van der Waals surface area contributed by atoms with Gasteiger partial charge in [-0.1, -0.05) is 18.2 Å². The number of ether oxygens (including phenoxy) is 1. The van der Waals surface area contributed by atoms with Crippen LogP contribution in [0.5, 0.6) is 0 Å². The van der Waals surface area contributed by atoms with Crippen molar-refractivity contribution in [1.82, 2.24) is 9.55 Å². The van der Waals surface area contributed by atoms with E-state index in [0.29, 0.717) is 33.3 Å². The Morgan fingerprint density at radius 2 is 1.71 bits per heavy atom. The van der Waals surface area contributed by atoms with Crippen LogP contribution >= 0.6 is 0 Å². The molecule has 0 aliphatic carbocycles. The summed E-state index contributed by atoms with van der Waals surface area (Å²) in [5, 5.41) is 0.623. The Kier molecular flexibility index (Phi) is 5.38. The van der Waals surface area contributed by atoms with E-state index in [9.17, 15) is 14.0 Å². The van der Waals surface area contributed by atoms with Crippen LogP contribution in [0.1, 0.15) is 32.1 Å². The van der Waals surface area contributed by atoms with Crippen LogP contribution in [0.4, 0.5) is 4.39 Å². The van der Waals surface area contributed by atoms with Crippen molar-refractivity contribution >= 4 is 22.7 Å². The number of aryl methyl sites for hydroxylation is 1. The number of hydrogen-bond donors (Lipinski definition) is 0. The second-order valence-corrected chi connectivity index (χ2v) is 7.42. The highest BCUT2D eigenvalue weighted by Crippen LogP contribution is 2.26. The molecule has 4 aromatic rings. The number of ketones is 1. The molecule has 0 unspecified atom stereocenters. The highest BCUT2D eigenvalue weighted by Gasteiger charge is 2.19. The molecule has 0 aliphatic rings. The molecule has 0 aliphatic heterocycles. The Balaban J connectivity index is 1.64. The highest BCUT2D eigenvalue weighted by molar-refractivity contribution is 6.06. The average Bonchev–Trinajstić information content (AvgIpc) is 3.04. The molecule has 2 heterocycles. The molecular weight excluding hydrogens is 395 g/mol. The Morgan fingerprint density at radius 1 is 1.00 bits per heavy atom. The standard InChI is InChI=1S/C25H21FN2O3/c1-15-12-20(16(2)28(15)3)24(29)14-31-25(30)21-13-23(17-8-10-18(26)11-9-17)27-22-7-5-4-6-19(21)22/h4-13H,14H2,1-3H3. The van der Waals surface area contributed by atoms with Crippen molar-refractivity contribution in [2.24, 2.45) is 7.05 Å². The minimum absolute atomic E-state index is 0.258. The number of pyridine rings is 1. The van der Waals surface area contributed by atoms with Crippen LogP contribution in [0.2, 0.25) is 0 Å². The molecule has 0 bridgehead atoms. The largest absolute Gasteiger partial charge is 0.454 e. The maximum atomic E-state index is 13.3. The van der Waals surface area contributed by atoms with Gasteiger partial charge < -0.3 is 9.30 Å². The fourth-order valence-corrected chi connectivity index (χ4v) is 3.54. The molecule has 0 N–H and O–H groups in total. The van der Waals surface area contributed by atoms with Crippen LogP contribution in [-0.4, -0.2) is 27.9 Å². The number of Topliss-reactive ketones (excluding diaryl/α,β-unsaturated/α-hetero) is 1. The topological polar surface area (TPSA) is 61.2 Å². The van der Waals surface area contributed by atoms with Crippen LogP contribution < -0.4 is 0 Å². The van der Waals surface area contributed by atoms with Crippen molar-refractivity contribution in [2.75, 3.05) is 6.61 Å². The van der Waals surface area contributed by atoms with E-state index in [1.807, 2.05) is 31.5 Å². The Bertz CT molecular complexity index is 1310. The molecular formula is C25H21FN2O3. The number of benzene rings is 2. The predicted molar refractivity (Wildman–Crippen MR) is 117 cm³/mol. The van der Waals surface area contributed by atoms with Crippen molar-refractivity contribution in [3.8, 4) is 11.3 Å². The van der Waals surface area contributed by atoms with Crippen LogP contribution in [-0.2, 0) is 11.8 Å². The summed E-state index contributed by atoms with van der Waals surface area (Å²) in [5.74, 6) is -1.22. The van der Waals surface area contributed by atoms with Gasteiger partial charge in [0, 0.05) is 34.9 Å². The van der Waals surface area contributed by atoms with Crippen molar-refractivity contribution in [3.63, 3.8) is 0 Å². The number of para-hydroxylation sites is 1. The van der Waals surface area contributed by atoms with E-state index in [-0.39, 0.29) is 18.2 Å². The monoisotopic (exact) mass is 416 g/mol.